The number of ether oxygens (including phenoxy) is 1. The van der Waals surface area contributed by atoms with Gasteiger partial charge >= 0.3 is 5.97 Å². The Morgan fingerprint density at radius 3 is 2.23 bits per heavy atom. The van der Waals surface area contributed by atoms with Gasteiger partial charge in [-0.15, -0.1) is 0 Å². The van der Waals surface area contributed by atoms with Crippen molar-refractivity contribution in [1.29, 1.82) is 0 Å². The highest BCUT2D eigenvalue weighted by molar-refractivity contribution is 6.30. The summed E-state index contributed by atoms with van der Waals surface area (Å²) < 4.78 is 5.43. The number of anilines is 1. The number of dihydropyridines is 1. The molecule has 2 aromatic rings. The number of allylic oxidation sites excluding steroid dienone is 3. The minimum absolute atomic E-state index is 0.0609. The summed E-state index contributed by atoms with van der Waals surface area (Å²) in [6, 6.07) is 15.9. The molecule has 1 N–H and O–H groups in total. The summed E-state index contributed by atoms with van der Waals surface area (Å²) in [7, 11) is 0. The zero-order valence-corrected chi connectivity index (χ0v) is 21.6. The van der Waals surface area contributed by atoms with E-state index < -0.39 is 5.92 Å². The highest BCUT2D eigenvalue weighted by Gasteiger charge is 2.41. The Labute approximate surface area is 212 Å². The predicted octanol–water partition coefficient (Wildman–Crippen LogP) is 6.11. The normalized spacial score (nSPS) is 19.9. The second-order valence-electron chi connectivity index (χ2n) is 9.05. The van der Waals surface area contributed by atoms with Crippen LogP contribution in [0.25, 0.3) is 0 Å². The maximum atomic E-state index is 13.7. The van der Waals surface area contributed by atoms with Gasteiger partial charge in [0.25, 0.3) is 0 Å². The van der Waals surface area contributed by atoms with Crippen molar-refractivity contribution < 1.29 is 14.3 Å². The number of carbonyl (C=O) groups is 2. The van der Waals surface area contributed by atoms with Gasteiger partial charge in [-0.1, -0.05) is 35.9 Å². The SMILES string of the molecule is CCOC(=O)C1=C(C)NC2=C(C(=O)C[C@@H](c3ccc(Cl)cc3)C2)[C@H]1c1ccc(N(CC)CC)cc1. The fourth-order valence-corrected chi connectivity index (χ4v) is 5.41. The van der Waals surface area contributed by atoms with Crippen LogP contribution in [-0.2, 0) is 14.3 Å². The first-order chi connectivity index (χ1) is 16.9. The number of rotatable bonds is 7. The summed E-state index contributed by atoms with van der Waals surface area (Å²) in [6.07, 6.45) is 1.09. The average molecular weight is 493 g/mol. The number of hydrogen-bond acceptors (Lipinski definition) is 5. The molecular weight excluding hydrogens is 460 g/mol. The van der Waals surface area contributed by atoms with Gasteiger partial charge in [0.1, 0.15) is 0 Å². The summed E-state index contributed by atoms with van der Waals surface area (Å²) in [5.41, 5.74) is 5.97. The van der Waals surface area contributed by atoms with Crippen molar-refractivity contribution in [3.63, 3.8) is 0 Å². The molecule has 2 aromatic carbocycles. The Morgan fingerprint density at radius 1 is 1.00 bits per heavy atom. The molecule has 0 radical (unpaired) electrons. The summed E-state index contributed by atoms with van der Waals surface area (Å²) in [5.74, 6) is -0.705. The number of Topliss-reactive ketones (excluding diaryl/α,β-unsaturated/α-hetero) is 1. The van der Waals surface area contributed by atoms with Crippen molar-refractivity contribution in [3.05, 3.63) is 87.2 Å². The Bertz CT molecular complexity index is 1160. The van der Waals surface area contributed by atoms with Crippen LogP contribution >= 0.6 is 11.6 Å². The Hall–Kier alpha value is -3.05. The molecule has 0 saturated carbocycles. The monoisotopic (exact) mass is 492 g/mol. The van der Waals surface area contributed by atoms with E-state index in [2.05, 4.69) is 36.2 Å². The third kappa shape index (κ3) is 5.01. The van der Waals surface area contributed by atoms with Crippen molar-refractivity contribution in [2.45, 2.75) is 52.4 Å². The van der Waals surface area contributed by atoms with Crippen LogP contribution in [0.5, 0.6) is 0 Å². The van der Waals surface area contributed by atoms with E-state index in [1.807, 2.05) is 43.3 Å². The molecule has 0 fully saturated rings. The number of ketones is 1. The lowest BCUT2D eigenvalue weighted by Crippen LogP contribution is -2.36. The van der Waals surface area contributed by atoms with Gasteiger partial charge in [0.15, 0.2) is 5.78 Å². The van der Waals surface area contributed by atoms with Crippen LogP contribution < -0.4 is 10.2 Å². The highest BCUT2D eigenvalue weighted by Crippen LogP contribution is 2.46. The first-order valence-corrected chi connectivity index (χ1v) is 12.8. The van der Waals surface area contributed by atoms with E-state index in [0.717, 1.165) is 41.3 Å². The second kappa shape index (κ2) is 10.7. The largest absolute Gasteiger partial charge is 0.463 e. The van der Waals surface area contributed by atoms with Crippen LogP contribution in [0.2, 0.25) is 5.02 Å². The molecule has 0 unspecified atom stereocenters. The lowest BCUT2D eigenvalue weighted by molar-refractivity contribution is -0.138. The van der Waals surface area contributed by atoms with Gasteiger partial charge in [0.05, 0.1) is 12.2 Å². The molecule has 1 aliphatic heterocycles. The average Bonchev–Trinajstić information content (AvgIpc) is 2.85. The second-order valence-corrected chi connectivity index (χ2v) is 9.49. The Kier molecular flexibility index (Phi) is 7.66. The number of nitrogens with zero attached hydrogens (tertiary/aromatic N) is 1. The topological polar surface area (TPSA) is 58.6 Å². The minimum Gasteiger partial charge on any atom is -0.463 e. The minimum atomic E-state index is -0.449. The molecule has 6 heteroatoms. The highest BCUT2D eigenvalue weighted by atomic mass is 35.5. The van der Waals surface area contributed by atoms with Crippen LogP contribution in [0.4, 0.5) is 5.69 Å². The van der Waals surface area contributed by atoms with Gasteiger partial charge < -0.3 is 15.0 Å². The molecule has 2 atom stereocenters. The van der Waals surface area contributed by atoms with Gasteiger partial charge in [-0.25, -0.2) is 4.79 Å². The Morgan fingerprint density at radius 2 is 1.63 bits per heavy atom. The zero-order chi connectivity index (χ0) is 25.1. The van der Waals surface area contributed by atoms with E-state index in [1.54, 1.807) is 6.92 Å². The van der Waals surface area contributed by atoms with Crippen LogP contribution in [-0.4, -0.2) is 31.4 Å². The van der Waals surface area contributed by atoms with Gasteiger partial charge in [-0.2, -0.15) is 0 Å². The number of nitrogens with one attached hydrogen (secondary N) is 1. The first kappa shape index (κ1) is 25.1. The molecule has 0 spiro atoms. The molecule has 5 nitrogen and oxygen atoms in total. The number of halogens is 1. The summed E-state index contributed by atoms with van der Waals surface area (Å²) in [5, 5.41) is 4.08. The predicted molar refractivity (Wildman–Crippen MR) is 141 cm³/mol. The third-order valence-corrected chi connectivity index (χ3v) is 7.27. The number of hydrogen-bond donors (Lipinski definition) is 1. The third-order valence-electron chi connectivity index (χ3n) is 7.02. The standard InChI is InChI=1S/C29H33ClN2O3/c1-5-32(6-2)23-14-10-20(11-15-23)27-26(29(34)35-7-3)18(4)31-24-16-21(17-25(33)28(24)27)19-8-12-22(30)13-9-19/h8-15,21,27,31H,5-7,16-17H2,1-4H3/t21-,27-/m0/s1. The fraction of sp³-hybridized carbons (Fsp3) is 0.379. The van der Waals surface area contributed by atoms with Crippen LogP contribution in [0.3, 0.4) is 0 Å². The molecule has 1 heterocycles. The molecule has 1 aliphatic carbocycles. The van der Waals surface area contributed by atoms with Crippen molar-refractivity contribution >= 4 is 29.0 Å². The van der Waals surface area contributed by atoms with E-state index in [9.17, 15) is 9.59 Å². The lowest BCUT2D eigenvalue weighted by Gasteiger charge is -2.37. The van der Waals surface area contributed by atoms with Crippen LogP contribution in [0.15, 0.2) is 71.1 Å². The van der Waals surface area contributed by atoms with Crippen LogP contribution in [0.1, 0.15) is 63.5 Å². The smallest absolute Gasteiger partial charge is 0.336 e. The van der Waals surface area contributed by atoms with Crippen molar-refractivity contribution in [2.75, 3.05) is 24.6 Å². The molecule has 0 saturated heterocycles. The molecule has 184 valence electrons. The summed E-state index contributed by atoms with van der Waals surface area (Å²) in [4.78, 5) is 29.0. The molecular formula is C29H33ClN2O3. The molecule has 0 bridgehead atoms. The van der Waals surface area contributed by atoms with Gasteiger partial charge in [-0.05, 0) is 75.4 Å². The maximum Gasteiger partial charge on any atom is 0.336 e. The van der Waals surface area contributed by atoms with E-state index >= 15 is 0 Å². The quantitative estimate of drug-likeness (QED) is 0.472. The van der Waals surface area contributed by atoms with Gasteiger partial charge in [0, 0.05) is 53.1 Å². The molecule has 0 amide bonds. The number of esters is 1. The van der Waals surface area contributed by atoms with E-state index in [4.69, 9.17) is 16.3 Å². The summed E-state index contributed by atoms with van der Waals surface area (Å²) in [6.45, 7) is 10.1. The summed E-state index contributed by atoms with van der Waals surface area (Å²) >= 11 is 6.07. The van der Waals surface area contributed by atoms with Gasteiger partial charge in [-0.3, -0.25) is 4.79 Å². The van der Waals surface area contributed by atoms with Crippen molar-refractivity contribution in [1.82, 2.24) is 5.32 Å². The molecule has 0 aromatic heterocycles. The van der Waals surface area contributed by atoms with E-state index in [-0.39, 0.29) is 24.3 Å². The lowest BCUT2D eigenvalue weighted by atomic mass is 9.71. The molecule has 4 rings (SSSR count). The number of benzene rings is 2. The zero-order valence-electron chi connectivity index (χ0n) is 20.9. The Balaban J connectivity index is 1.76. The van der Waals surface area contributed by atoms with Crippen molar-refractivity contribution in [2.24, 2.45) is 0 Å². The maximum absolute atomic E-state index is 13.7. The van der Waals surface area contributed by atoms with Gasteiger partial charge in [0.2, 0.25) is 0 Å². The van der Waals surface area contributed by atoms with E-state index in [0.29, 0.717) is 29.0 Å². The van der Waals surface area contributed by atoms with Crippen molar-refractivity contribution in [3.8, 4) is 0 Å². The molecule has 35 heavy (non-hydrogen) atoms. The van der Waals surface area contributed by atoms with Crippen LogP contribution in [0, 0.1) is 0 Å². The number of carbonyl (C=O) groups excluding carboxylic acids is 2. The first-order valence-electron chi connectivity index (χ1n) is 12.4. The fourth-order valence-electron chi connectivity index (χ4n) is 5.29. The molecule has 2 aliphatic rings. The van der Waals surface area contributed by atoms with E-state index in [1.165, 1.54) is 0 Å².